The molecule has 0 spiro atoms. The highest BCUT2D eigenvalue weighted by molar-refractivity contribution is 6.39. The van der Waals surface area contributed by atoms with Crippen molar-refractivity contribution in [3.63, 3.8) is 0 Å². The molecule has 0 saturated carbocycles. The number of hydrogen-bond acceptors (Lipinski definition) is 6. The number of halogens is 2. The van der Waals surface area contributed by atoms with Gasteiger partial charge in [0.05, 0.1) is 15.6 Å². The Morgan fingerprint density at radius 3 is 2.60 bits per heavy atom. The number of aromatic nitrogens is 3. The Labute approximate surface area is 152 Å². The molecule has 0 aliphatic rings. The fourth-order valence-electron chi connectivity index (χ4n) is 2.43. The minimum absolute atomic E-state index is 0.163. The number of nitrogens with zero attached hydrogens (tertiary/aromatic N) is 3. The minimum atomic E-state index is -0.846. The maximum absolute atomic E-state index is 12.8. The van der Waals surface area contributed by atoms with E-state index in [-0.39, 0.29) is 17.2 Å². The van der Waals surface area contributed by atoms with Gasteiger partial charge in [0.2, 0.25) is 5.95 Å². The zero-order chi connectivity index (χ0) is 18.1. The second-order valence-electron chi connectivity index (χ2n) is 5.23. The van der Waals surface area contributed by atoms with Crippen LogP contribution < -0.4 is 15.7 Å². The van der Waals surface area contributed by atoms with Gasteiger partial charge in [0.15, 0.2) is 5.65 Å². The zero-order valence-electron chi connectivity index (χ0n) is 13.3. The zero-order valence-corrected chi connectivity index (χ0v) is 14.8. The number of aliphatic hydroxyl groups is 1. The molecule has 3 aromatic rings. The summed E-state index contributed by atoms with van der Waals surface area (Å²) in [6, 6.07) is 6.60. The van der Waals surface area contributed by atoms with Crippen LogP contribution in [0.25, 0.3) is 22.2 Å². The standard InChI is InChI=1S/C16H14Cl2N4O3/c1-8(23)20-16-19-7-9-6-10(13-11(17)4-3-5-12(13)18)15(24)22(25-2)14(9)21-16/h3-8,23H,1-2H3,(H,19,20,21). The number of anilines is 1. The van der Waals surface area contributed by atoms with Crippen LogP contribution in [-0.2, 0) is 0 Å². The van der Waals surface area contributed by atoms with E-state index in [9.17, 15) is 9.90 Å². The number of rotatable bonds is 4. The third-order valence-electron chi connectivity index (χ3n) is 3.46. The highest BCUT2D eigenvalue weighted by Crippen LogP contribution is 2.33. The molecule has 1 unspecified atom stereocenters. The molecular weight excluding hydrogens is 367 g/mol. The summed E-state index contributed by atoms with van der Waals surface area (Å²) in [4.78, 5) is 26.4. The summed E-state index contributed by atoms with van der Waals surface area (Å²) in [7, 11) is 1.35. The van der Waals surface area contributed by atoms with Gasteiger partial charge in [0.1, 0.15) is 13.3 Å². The molecule has 2 N–H and O–H groups in total. The monoisotopic (exact) mass is 380 g/mol. The van der Waals surface area contributed by atoms with Crippen molar-refractivity contribution in [2.45, 2.75) is 13.2 Å². The summed E-state index contributed by atoms with van der Waals surface area (Å²) >= 11 is 12.4. The molecule has 0 amide bonds. The summed E-state index contributed by atoms with van der Waals surface area (Å²) in [5.74, 6) is 0.163. The Kier molecular flexibility index (Phi) is 4.80. The predicted octanol–water partition coefficient (Wildman–Crippen LogP) is 2.57. The average molecular weight is 381 g/mol. The van der Waals surface area contributed by atoms with Crippen molar-refractivity contribution >= 4 is 40.2 Å². The average Bonchev–Trinajstić information content (AvgIpc) is 2.55. The third-order valence-corrected chi connectivity index (χ3v) is 4.09. The van der Waals surface area contributed by atoms with Crippen LogP contribution in [0.5, 0.6) is 0 Å². The second kappa shape index (κ2) is 6.87. The van der Waals surface area contributed by atoms with Crippen molar-refractivity contribution in [2.75, 3.05) is 12.4 Å². The number of aliphatic hydroxyl groups excluding tert-OH is 1. The van der Waals surface area contributed by atoms with E-state index in [2.05, 4.69) is 15.3 Å². The van der Waals surface area contributed by atoms with Crippen molar-refractivity contribution < 1.29 is 9.94 Å². The Morgan fingerprint density at radius 1 is 1.32 bits per heavy atom. The largest absolute Gasteiger partial charge is 0.412 e. The van der Waals surface area contributed by atoms with E-state index in [0.29, 0.717) is 21.0 Å². The van der Waals surface area contributed by atoms with Gasteiger partial charge in [-0.1, -0.05) is 29.3 Å². The highest BCUT2D eigenvalue weighted by Gasteiger charge is 2.18. The summed E-state index contributed by atoms with van der Waals surface area (Å²) < 4.78 is 1.03. The van der Waals surface area contributed by atoms with E-state index in [1.165, 1.54) is 20.2 Å². The first-order chi connectivity index (χ1) is 11.9. The molecule has 1 atom stereocenters. The van der Waals surface area contributed by atoms with Crippen LogP contribution in [0, 0.1) is 0 Å². The Balaban J connectivity index is 2.30. The molecule has 25 heavy (non-hydrogen) atoms. The van der Waals surface area contributed by atoms with Gasteiger partial charge in [0.25, 0.3) is 5.56 Å². The van der Waals surface area contributed by atoms with Crippen LogP contribution in [0.4, 0.5) is 5.95 Å². The lowest BCUT2D eigenvalue weighted by Gasteiger charge is -2.13. The SMILES string of the molecule is COn1c(=O)c(-c2c(Cl)cccc2Cl)cc2cnc(NC(C)O)nc21. The van der Waals surface area contributed by atoms with E-state index in [0.717, 1.165) is 4.73 Å². The fraction of sp³-hybridized carbons (Fsp3) is 0.188. The van der Waals surface area contributed by atoms with Gasteiger partial charge < -0.3 is 15.3 Å². The third kappa shape index (κ3) is 3.26. The van der Waals surface area contributed by atoms with Crippen LogP contribution in [0.3, 0.4) is 0 Å². The summed E-state index contributed by atoms with van der Waals surface area (Å²) in [5, 5.41) is 13.3. The molecule has 2 heterocycles. The molecule has 1 aromatic carbocycles. The molecule has 7 nitrogen and oxygen atoms in total. The fourth-order valence-corrected chi connectivity index (χ4v) is 3.03. The van der Waals surface area contributed by atoms with E-state index >= 15 is 0 Å². The lowest BCUT2D eigenvalue weighted by atomic mass is 10.1. The molecule has 0 bridgehead atoms. The van der Waals surface area contributed by atoms with Crippen LogP contribution >= 0.6 is 23.2 Å². The molecule has 0 radical (unpaired) electrons. The predicted molar refractivity (Wildman–Crippen MR) is 97.1 cm³/mol. The molecule has 2 aromatic heterocycles. The van der Waals surface area contributed by atoms with E-state index in [1.54, 1.807) is 24.3 Å². The van der Waals surface area contributed by atoms with Crippen molar-refractivity contribution in [1.82, 2.24) is 14.7 Å². The van der Waals surface area contributed by atoms with E-state index in [1.807, 2.05) is 0 Å². The Morgan fingerprint density at radius 2 is 2.00 bits per heavy atom. The molecule has 0 aliphatic heterocycles. The molecule has 9 heteroatoms. The summed E-state index contributed by atoms with van der Waals surface area (Å²) in [6.45, 7) is 1.53. The van der Waals surface area contributed by atoms with E-state index < -0.39 is 11.8 Å². The quantitative estimate of drug-likeness (QED) is 0.676. The van der Waals surface area contributed by atoms with Gasteiger partial charge in [-0.05, 0) is 25.1 Å². The maximum atomic E-state index is 12.8. The first-order valence-electron chi connectivity index (χ1n) is 7.28. The summed E-state index contributed by atoms with van der Waals surface area (Å²) in [5.41, 5.74) is 0.462. The first-order valence-corrected chi connectivity index (χ1v) is 8.04. The van der Waals surface area contributed by atoms with Crippen molar-refractivity contribution in [1.29, 1.82) is 0 Å². The number of fused-ring (bicyclic) bond motifs is 1. The number of pyridine rings is 1. The van der Waals surface area contributed by atoms with Gasteiger partial charge >= 0.3 is 0 Å². The smallest absolute Gasteiger partial charge is 0.293 e. The van der Waals surface area contributed by atoms with Crippen LogP contribution in [0.15, 0.2) is 35.3 Å². The van der Waals surface area contributed by atoms with Crippen LogP contribution in [0.1, 0.15) is 6.92 Å². The Hall–Kier alpha value is -2.35. The van der Waals surface area contributed by atoms with Crippen molar-refractivity contribution in [2.24, 2.45) is 0 Å². The topological polar surface area (TPSA) is 89.3 Å². The molecular formula is C16H14Cl2N4O3. The van der Waals surface area contributed by atoms with Crippen LogP contribution in [0.2, 0.25) is 10.0 Å². The molecule has 130 valence electrons. The number of nitrogens with one attached hydrogen (secondary N) is 1. The van der Waals surface area contributed by atoms with Gasteiger partial charge in [-0.15, -0.1) is 4.73 Å². The first kappa shape index (κ1) is 17.5. The maximum Gasteiger partial charge on any atom is 0.293 e. The highest BCUT2D eigenvalue weighted by atomic mass is 35.5. The normalized spacial score (nSPS) is 12.2. The van der Waals surface area contributed by atoms with Crippen molar-refractivity contribution in [3.8, 4) is 11.1 Å². The van der Waals surface area contributed by atoms with Crippen LogP contribution in [-0.4, -0.2) is 33.1 Å². The molecule has 0 aliphatic carbocycles. The van der Waals surface area contributed by atoms with Gasteiger partial charge in [0, 0.05) is 17.1 Å². The minimum Gasteiger partial charge on any atom is -0.412 e. The summed E-state index contributed by atoms with van der Waals surface area (Å²) in [6.07, 6.45) is 0.664. The second-order valence-corrected chi connectivity index (χ2v) is 6.04. The number of hydrogen-bond donors (Lipinski definition) is 2. The lowest BCUT2D eigenvalue weighted by molar-refractivity contribution is 0.168. The Bertz CT molecular complexity index is 984. The van der Waals surface area contributed by atoms with Gasteiger partial charge in [-0.25, -0.2) is 4.98 Å². The van der Waals surface area contributed by atoms with Gasteiger partial charge in [-0.2, -0.15) is 4.98 Å². The van der Waals surface area contributed by atoms with Gasteiger partial charge in [-0.3, -0.25) is 4.79 Å². The lowest BCUT2D eigenvalue weighted by Crippen LogP contribution is -2.27. The molecule has 3 rings (SSSR count). The van der Waals surface area contributed by atoms with E-state index in [4.69, 9.17) is 28.0 Å². The molecule has 0 fully saturated rings. The van der Waals surface area contributed by atoms with Crippen molar-refractivity contribution in [3.05, 3.63) is 50.9 Å². The molecule has 0 saturated heterocycles. The number of benzene rings is 1.